The molecular formula is C13H19N7OS2. The summed E-state index contributed by atoms with van der Waals surface area (Å²) in [7, 11) is 0. The summed E-state index contributed by atoms with van der Waals surface area (Å²) in [6.07, 6.45) is 2.45. The molecule has 0 aromatic carbocycles. The number of nitrogen functional groups attached to an aromatic ring is 2. The molecule has 0 aliphatic rings. The molecule has 1 amide bonds. The van der Waals surface area contributed by atoms with Crippen LogP contribution in [0.2, 0.25) is 0 Å². The van der Waals surface area contributed by atoms with Crippen molar-refractivity contribution < 1.29 is 4.79 Å². The highest BCUT2D eigenvalue weighted by Crippen LogP contribution is 2.25. The first-order valence-electron chi connectivity index (χ1n) is 7.21. The third-order valence-corrected chi connectivity index (χ3v) is 4.94. The van der Waals surface area contributed by atoms with Gasteiger partial charge in [-0.1, -0.05) is 36.9 Å². The minimum absolute atomic E-state index is 0.165. The number of carbonyl (C=O) groups is 1. The van der Waals surface area contributed by atoms with Crippen molar-refractivity contribution in [2.75, 3.05) is 16.8 Å². The van der Waals surface area contributed by atoms with E-state index in [4.69, 9.17) is 11.5 Å². The summed E-state index contributed by atoms with van der Waals surface area (Å²) in [5.41, 5.74) is 11.3. The van der Waals surface area contributed by atoms with Crippen LogP contribution < -0.4 is 16.8 Å². The fourth-order valence-electron chi connectivity index (χ4n) is 1.77. The molecule has 23 heavy (non-hydrogen) atoms. The molecule has 0 spiro atoms. The Hall–Kier alpha value is -1.94. The molecule has 1 atom stereocenters. The second-order valence-electron chi connectivity index (χ2n) is 4.76. The zero-order valence-corrected chi connectivity index (χ0v) is 14.6. The van der Waals surface area contributed by atoms with E-state index in [-0.39, 0.29) is 22.8 Å². The van der Waals surface area contributed by atoms with Crippen LogP contribution in [0.5, 0.6) is 0 Å². The topological polar surface area (TPSA) is 133 Å². The van der Waals surface area contributed by atoms with E-state index in [0.29, 0.717) is 16.7 Å². The summed E-state index contributed by atoms with van der Waals surface area (Å²) in [6.45, 7) is 3.98. The number of carbonyl (C=O) groups excluding carboxylic acids is 1. The lowest BCUT2D eigenvalue weighted by atomic mass is 10.3. The summed E-state index contributed by atoms with van der Waals surface area (Å²) >= 11 is 2.61. The van der Waals surface area contributed by atoms with Crippen molar-refractivity contribution in [2.45, 2.75) is 43.5 Å². The Morgan fingerprint density at radius 3 is 2.61 bits per heavy atom. The van der Waals surface area contributed by atoms with Crippen LogP contribution in [0.1, 0.15) is 31.7 Å². The first-order chi connectivity index (χ1) is 11.0. The predicted octanol–water partition coefficient (Wildman–Crippen LogP) is 1.95. The Morgan fingerprint density at radius 2 is 2.00 bits per heavy atom. The fourth-order valence-corrected chi connectivity index (χ4v) is 3.52. The fraction of sp³-hybridized carbons (Fsp3) is 0.462. The van der Waals surface area contributed by atoms with Crippen LogP contribution >= 0.6 is 23.1 Å². The third kappa shape index (κ3) is 5.03. The Kier molecular flexibility index (Phi) is 6.11. The molecule has 0 aliphatic heterocycles. The Labute approximate surface area is 142 Å². The van der Waals surface area contributed by atoms with Gasteiger partial charge < -0.3 is 11.5 Å². The number of hydrogen-bond acceptors (Lipinski definition) is 9. The zero-order valence-electron chi connectivity index (χ0n) is 12.9. The number of nitrogens with two attached hydrogens (primary N) is 2. The van der Waals surface area contributed by atoms with Gasteiger partial charge in [-0.05, 0) is 12.8 Å². The average Bonchev–Trinajstić information content (AvgIpc) is 2.91. The van der Waals surface area contributed by atoms with Gasteiger partial charge in [0.05, 0.1) is 5.25 Å². The van der Waals surface area contributed by atoms with E-state index in [1.54, 1.807) is 0 Å². The van der Waals surface area contributed by atoms with Crippen molar-refractivity contribution >= 4 is 45.8 Å². The molecule has 0 saturated carbocycles. The molecule has 2 aromatic heterocycles. The molecule has 0 aliphatic carbocycles. The highest BCUT2D eigenvalue weighted by atomic mass is 32.2. The lowest BCUT2D eigenvalue weighted by molar-refractivity contribution is -0.115. The zero-order chi connectivity index (χ0) is 16.8. The van der Waals surface area contributed by atoms with Gasteiger partial charge in [-0.25, -0.2) is 9.97 Å². The largest absolute Gasteiger partial charge is 0.383 e. The van der Waals surface area contributed by atoms with Gasteiger partial charge in [0.2, 0.25) is 11.0 Å². The van der Waals surface area contributed by atoms with Crippen molar-refractivity contribution in [3.63, 3.8) is 0 Å². The molecule has 10 heteroatoms. The number of nitrogens with zero attached hydrogens (tertiary/aromatic N) is 4. The number of anilines is 3. The highest BCUT2D eigenvalue weighted by molar-refractivity contribution is 8.00. The molecule has 0 fully saturated rings. The van der Waals surface area contributed by atoms with Crippen molar-refractivity contribution in [3.05, 3.63) is 11.1 Å². The van der Waals surface area contributed by atoms with Gasteiger partial charge in [-0.3, -0.25) is 10.1 Å². The van der Waals surface area contributed by atoms with Crippen molar-refractivity contribution in [1.82, 2.24) is 20.2 Å². The Bertz CT molecular complexity index is 656. The second-order valence-corrected chi connectivity index (χ2v) is 6.99. The Balaban J connectivity index is 2.02. The van der Waals surface area contributed by atoms with Gasteiger partial charge in [-0.15, -0.1) is 10.2 Å². The number of thioether (sulfide) groups is 1. The SMILES string of the molecule is CCCc1nnc(NC(=O)C(CC)Sc2nc(N)cc(N)n2)s1. The maximum Gasteiger partial charge on any atom is 0.239 e. The van der Waals surface area contributed by atoms with Gasteiger partial charge in [0.15, 0.2) is 5.16 Å². The normalized spacial score (nSPS) is 12.1. The van der Waals surface area contributed by atoms with Crippen LogP contribution in [0.25, 0.3) is 0 Å². The molecule has 0 radical (unpaired) electrons. The van der Waals surface area contributed by atoms with Crippen LogP contribution in [0.4, 0.5) is 16.8 Å². The molecule has 2 aromatic rings. The van der Waals surface area contributed by atoms with Gasteiger partial charge in [0.25, 0.3) is 0 Å². The van der Waals surface area contributed by atoms with E-state index in [9.17, 15) is 4.79 Å². The molecule has 8 nitrogen and oxygen atoms in total. The molecule has 0 bridgehead atoms. The number of aryl methyl sites for hydroxylation is 1. The Morgan fingerprint density at radius 1 is 1.30 bits per heavy atom. The molecular weight excluding hydrogens is 334 g/mol. The van der Waals surface area contributed by atoms with E-state index >= 15 is 0 Å². The molecule has 0 saturated heterocycles. The van der Waals surface area contributed by atoms with Gasteiger partial charge >= 0.3 is 0 Å². The minimum Gasteiger partial charge on any atom is -0.383 e. The predicted molar refractivity (Wildman–Crippen MR) is 93.3 cm³/mol. The number of nitrogens with one attached hydrogen (secondary N) is 1. The average molecular weight is 353 g/mol. The smallest absolute Gasteiger partial charge is 0.239 e. The van der Waals surface area contributed by atoms with E-state index in [1.165, 1.54) is 29.2 Å². The van der Waals surface area contributed by atoms with Crippen molar-refractivity contribution in [2.24, 2.45) is 0 Å². The number of aromatic nitrogens is 4. The van der Waals surface area contributed by atoms with E-state index in [2.05, 4.69) is 32.4 Å². The minimum atomic E-state index is -0.366. The molecule has 124 valence electrons. The van der Waals surface area contributed by atoms with E-state index in [0.717, 1.165) is 17.8 Å². The quantitative estimate of drug-likeness (QED) is 0.508. The van der Waals surface area contributed by atoms with Crippen LogP contribution in [-0.4, -0.2) is 31.3 Å². The summed E-state index contributed by atoms with van der Waals surface area (Å²) in [5.74, 6) is 0.397. The number of rotatable bonds is 7. The van der Waals surface area contributed by atoms with Gasteiger partial charge in [0.1, 0.15) is 16.6 Å². The lowest BCUT2D eigenvalue weighted by Crippen LogP contribution is -2.24. The molecule has 2 rings (SSSR count). The molecule has 2 heterocycles. The van der Waals surface area contributed by atoms with Crippen molar-refractivity contribution in [1.29, 1.82) is 0 Å². The summed E-state index contributed by atoms with van der Waals surface area (Å²) in [6, 6.07) is 1.47. The summed E-state index contributed by atoms with van der Waals surface area (Å²) in [4.78, 5) is 20.5. The van der Waals surface area contributed by atoms with Crippen LogP contribution in [-0.2, 0) is 11.2 Å². The van der Waals surface area contributed by atoms with Crippen LogP contribution in [0, 0.1) is 0 Å². The second kappa shape index (κ2) is 8.06. The maximum atomic E-state index is 12.4. The van der Waals surface area contributed by atoms with Gasteiger partial charge in [0, 0.05) is 12.5 Å². The first-order valence-corrected chi connectivity index (χ1v) is 8.91. The van der Waals surface area contributed by atoms with Gasteiger partial charge in [-0.2, -0.15) is 0 Å². The van der Waals surface area contributed by atoms with Crippen LogP contribution in [0.3, 0.4) is 0 Å². The highest BCUT2D eigenvalue weighted by Gasteiger charge is 2.21. The molecule has 5 N–H and O–H groups in total. The standard InChI is InChI=1S/C13H19N7OS2/c1-3-5-10-19-20-13(23-10)18-11(21)7(4-2)22-12-16-8(14)6-9(15)17-12/h6-7H,3-5H2,1-2H3,(H,18,20,21)(H4,14,15,16,17). The summed E-state index contributed by atoms with van der Waals surface area (Å²) < 4.78 is 0. The van der Waals surface area contributed by atoms with E-state index in [1.807, 2.05) is 6.92 Å². The lowest BCUT2D eigenvalue weighted by Gasteiger charge is -2.12. The van der Waals surface area contributed by atoms with E-state index < -0.39 is 0 Å². The third-order valence-electron chi connectivity index (χ3n) is 2.82. The van der Waals surface area contributed by atoms with Crippen LogP contribution in [0.15, 0.2) is 11.2 Å². The number of amides is 1. The number of hydrogen-bond donors (Lipinski definition) is 3. The summed E-state index contributed by atoms with van der Waals surface area (Å²) in [5, 5.41) is 12.2. The maximum absolute atomic E-state index is 12.4. The monoisotopic (exact) mass is 353 g/mol. The molecule has 1 unspecified atom stereocenters. The first kappa shape index (κ1) is 17.4. The van der Waals surface area contributed by atoms with Crippen molar-refractivity contribution in [3.8, 4) is 0 Å².